The van der Waals surface area contributed by atoms with Gasteiger partial charge in [-0.25, -0.2) is 9.97 Å². The molecule has 1 atom stereocenters. The summed E-state index contributed by atoms with van der Waals surface area (Å²) < 4.78 is 7.19. The molecule has 0 bridgehead atoms. The van der Waals surface area contributed by atoms with Gasteiger partial charge in [0.05, 0.1) is 11.6 Å². The van der Waals surface area contributed by atoms with Gasteiger partial charge < -0.3 is 9.42 Å². The molecule has 0 saturated carbocycles. The molecule has 0 aromatic carbocycles. The molecule has 0 amide bonds. The number of nitrogens with zero attached hydrogens (tertiary/aromatic N) is 7. The lowest BCUT2D eigenvalue weighted by atomic mass is 9.97. The Bertz CT molecular complexity index is 898. The van der Waals surface area contributed by atoms with E-state index in [2.05, 4.69) is 39.0 Å². The van der Waals surface area contributed by atoms with Crippen LogP contribution in [0.1, 0.15) is 56.1 Å². The molecule has 8 heteroatoms. The second-order valence-corrected chi connectivity index (χ2v) is 7.03. The molecule has 3 aromatic rings. The van der Waals surface area contributed by atoms with Gasteiger partial charge in [-0.3, -0.25) is 4.68 Å². The second-order valence-electron chi connectivity index (χ2n) is 7.03. The van der Waals surface area contributed by atoms with E-state index in [0.29, 0.717) is 5.89 Å². The van der Waals surface area contributed by atoms with Gasteiger partial charge in [0.25, 0.3) is 0 Å². The van der Waals surface area contributed by atoms with Crippen LogP contribution in [-0.4, -0.2) is 43.0 Å². The normalized spacial score (nSPS) is 18.4. The minimum absolute atomic E-state index is 0.250. The number of aromatic nitrogens is 6. The van der Waals surface area contributed by atoms with Crippen LogP contribution in [0.25, 0.3) is 11.0 Å². The molecule has 1 fully saturated rings. The third kappa shape index (κ3) is 2.85. The van der Waals surface area contributed by atoms with Crippen LogP contribution in [0, 0.1) is 6.92 Å². The number of hydrogen-bond acceptors (Lipinski definition) is 7. The van der Waals surface area contributed by atoms with Gasteiger partial charge in [0.15, 0.2) is 11.5 Å². The van der Waals surface area contributed by atoms with Crippen molar-refractivity contribution in [1.82, 2.24) is 29.9 Å². The van der Waals surface area contributed by atoms with Crippen molar-refractivity contribution < 1.29 is 4.52 Å². The van der Waals surface area contributed by atoms with Gasteiger partial charge >= 0.3 is 0 Å². The fourth-order valence-corrected chi connectivity index (χ4v) is 3.38. The molecular weight excluding hydrogens is 318 g/mol. The molecule has 0 radical (unpaired) electrons. The zero-order chi connectivity index (χ0) is 17.6. The van der Waals surface area contributed by atoms with E-state index < -0.39 is 0 Å². The van der Waals surface area contributed by atoms with E-state index in [-0.39, 0.29) is 11.8 Å². The maximum atomic E-state index is 5.39. The zero-order valence-corrected chi connectivity index (χ0v) is 15.1. The predicted octanol–water partition coefficient (Wildman–Crippen LogP) is 2.56. The summed E-state index contributed by atoms with van der Waals surface area (Å²) in [5.41, 5.74) is 0.867. The van der Waals surface area contributed by atoms with E-state index in [4.69, 9.17) is 9.51 Å². The van der Waals surface area contributed by atoms with Crippen molar-refractivity contribution in [3.63, 3.8) is 0 Å². The minimum atomic E-state index is 0.250. The fourth-order valence-electron chi connectivity index (χ4n) is 3.38. The Morgan fingerprint density at radius 1 is 1.24 bits per heavy atom. The highest BCUT2D eigenvalue weighted by Crippen LogP contribution is 2.31. The first-order valence-corrected chi connectivity index (χ1v) is 8.77. The number of rotatable bonds is 3. The molecule has 4 heterocycles. The van der Waals surface area contributed by atoms with Gasteiger partial charge in [0.1, 0.15) is 11.6 Å². The lowest BCUT2D eigenvalue weighted by Crippen LogP contribution is -2.35. The van der Waals surface area contributed by atoms with Crippen LogP contribution < -0.4 is 4.90 Å². The first-order chi connectivity index (χ1) is 12.0. The summed E-state index contributed by atoms with van der Waals surface area (Å²) >= 11 is 0. The summed E-state index contributed by atoms with van der Waals surface area (Å²) in [6.07, 6.45) is 3.98. The molecule has 8 nitrogen and oxygen atoms in total. The largest absolute Gasteiger partial charge is 0.355 e. The van der Waals surface area contributed by atoms with Crippen molar-refractivity contribution in [2.75, 3.05) is 18.0 Å². The third-order valence-corrected chi connectivity index (χ3v) is 4.72. The van der Waals surface area contributed by atoms with Crippen LogP contribution in [0.15, 0.2) is 10.7 Å². The molecule has 1 aliphatic rings. The Morgan fingerprint density at radius 2 is 2.08 bits per heavy atom. The molecule has 0 aliphatic carbocycles. The second kappa shape index (κ2) is 6.09. The molecule has 132 valence electrons. The van der Waals surface area contributed by atoms with E-state index >= 15 is 0 Å². The van der Waals surface area contributed by atoms with E-state index in [1.54, 1.807) is 4.68 Å². The average molecular weight is 341 g/mol. The highest BCUT2D eigenvalue weighted by Gasteiger charge is 2.28. The molecular formula is C17H23N7O. The smallest absolute Gasteiger partial charge is 0.229 e. The molecule has 4 rings (SSSR count). The van der Waals surface area contributed by atoms with Crippen molar-refractivity contribution in [3.8, 4) is 0 Å². The van der Waals surface area contributed by atoms with Crippen LogP contribution in [0.3, 0.4) is 0 Å². The van der Waals surface area contributed by atoms with E-state index in [1.165, 1.54) is 0 Å². The molecule has 0 spiro atoms. The maximum Gasteiger partial charge on any atom is 0.229 e. The first-order valence-electron chi connectivity index (χ1n) is 8.77. The predicted molar refractivity (Wildman–Crippen MR) is 93.6 cm³/mol. The minimum Gasteiger partial charge on any atom is -0.355 e. The molecule has 1 saturated heterocycles. The number of fused-ring (bicyclic) bond motifs is 1. The van der Waals surface area contributed by atoms with Gasteiger partial charge in [-0.15, -0.1) is 0 Å². The summed E-state index contributed by atoms with van der Waals surface area (Å²) in [6.45, 7) is 7.84. The maximum absolute atomic E-state index is 5.39. The van der Waals surface area contributed by atoms with E-state index in [1.807, 2.05) is 20.2 Å². The van der Waals surface area contributed by atoms with E-state index in [9.17, 15) is 0 Å². The molecule has 0 N–H and O–H groups in total. The molecule has 0 unspecified atom stereocenters. The van der Waals surface area contributed by atoms with Crippen LogP contribution in [-0.2, 0) is 7.05 Å². The fraction of sp³-hybridized carbons (Fsp3) is 0.588. The first kappa shape index (κ1) is 16.0. The van der Waals surface area contributed by atoms with Crippen LogP contribution >= 0.6 is 0 Å². The number of aryl methyl sites for hydroxylation is 2. The molecule has 1 aliphatic heterocycles. The van der Waals surface area contributed by atoms with Crippen molar-refractivity contribution in [1.29, 1.82) is 0 Å². The summed E-state index contributed by atoms with van der Waals surface area (Å²) in [7, 11) is 1.91. The summed E-state index contributed by atoms with van der Waals surface area (Å²) in [5, 5.41) is 9.54. The Kier molecular flexibility index (Phi) is 3.89. The standard InChI is InChI=1S/C17H23N7O/c1-10(2)17-21-14(22-25-17)12-6-5-7-24(9-12)16-13-8-18-23(4)15(13)19-11(3)20-16/h8,10,12H,5-7,9H2,1-4H3/t12-/m1/s1. The van der Waals surface area contributed by atoms with Gasteiger partial charge in [0, 0.05) is 32.0 Å². The van der Waals surface area contributed by atoms with E-state index in [0.717, 1.165) is 54.4 Å². The molecule has 3 aromatic heterocycles. The van der Waals surface area contributed by atoms with Crippen LogP contribution in [0.5, 0.6) is 0 Å². The SMILES string of the molecule is Cc1nc(N2CCC[C@@H](c3noc(C(C)C)n3)C2)c2cnn(C)c2n1. The Morgan fingerprint density at radius 3 is 2.84 bits per heavy atom. The number of piperidine rings is 1. The third-order valence-electron chi connectivity index (χ3n) is 4.72. The quantitative estimate of drug-likeness (QED) is 0.723. The van der Waals surface area contributed by atoms with Crippen molar-refractivity contribution >= 4 is 16.9 Å². The van der Waals surface area contributed by atoms with Gasteiger partial charge in [-0.1, -0.05) is 19.0 Å². The Balaban J connectivity index is 1.65. The van der Waals surface area contributed by atoms with Crippen LogP contribution in [0.4, 0.5) is 5.82 Å². The topological polar surface area (TPSA) is 85.8 Å². The number of anilines is 1. The molecule has 25 heavy (non-hydrogen) atoms. The highest BCUT2D eigenvalue weighted by molar-refractivity contribution is 5.87. The monoisotopic (exact) mass is 341 g/mol. The highest BCUT2D eigenvalue weighted by atomic mass is 16.5. The Hall–Kier alpha value is -2.51. The van der Waals surface area contributed by atoms with Gasteiger partial charge in [-0.05, 0) is 19.8 Å². The van der Waals surface area contributed by atoms with Gasteiger partial charge in [-0.2, -0.15) is 10.1 Å². The lowest BCUT2D eigenvalue weighted by molar-refractivity contribution is 0.354. The van der Waals surface area contributed by atoms with Crippen LogP contribution in [0.2, 0.25) is 0 Å². The lowest BCUT2D eigenvalue weighted by Gasteiger charge is -2.32. The zero-order valence-electron chi connectivity index (χ0n) is 15.1. The summed E-state index contributed by atoms with van der Waals surface area (Å²) in [6, 6.07) is 0. The Labute approximate surface area is 146 Å². The summed E-state index contributed by atoms with van der Waals surface area (Å²) in [5.74, 6) is 3.73. The van der Waals surface area contributed by atoms with Crippen molar-refractivity contribution in [2.45, 2.75) is 45.4 Å². The number of hydrogen-bond donors (Lipinski definition) is 0. The van der Waals surface area contributed by atoms with Crippen molar-refractivity contribution in [3.05, 3.63) is 23.7 Å². The van der Waals surface area contributed by atoms with Crippen molar-refractivity contribution in [2.24, 2.45) is 7.05 Å². The summed E-state index contributed by atoms with van der Waals surface area (Å²) in [4.78, 5) is 16.1. The average Bonchev–Trinajstić information content (AvgIpc) is 3.22. The van der Waals surface area contributed by atoms with Gasteiger partial charge in [0.2, 0.25) is 5.89 Å².